The van der Waals surface area contributed by atoms with Gasteiger partial charge in [0.15, 0.2) is 0 Å². The molecule has 0 heterocycles. The van der Waals surface area contributed by atoms with Crippen LogP contribution in [0.5, 0.6) is 0 Å². The van der Waals surface area contributed by atoms with Crippen LogP contribution in [0, 0.1) is 18.3 Å². The third-order valence-electron chi connectivity index (χ3n) is 1.61. The zero-order valence-corrected chi connectivity index (χ0v) is 8.70. The second kappa shape index (κ2) is 3.34. The molecule has 0 fully saturated rings. The number of nitrogens with zero attached hydrogens (tertiary/aromatic N) is 1. The van der Waals surface area contributed by atoms with Gasteiger partial charge in [-0.15, -0.1) is 0 Å². The van der Waals surface area contributed by atoms with Crippen LogP contribution in [0.15, 0.2) is 10.5 Å². The van der Waals surface area contributed by atoms with Gasteiger partial charge in [-0.25, -0.2) is 0 Å². The Morgan fingerprint density at radius 2 is 2.25 bits per heavy atom. The minimum atomic E-state index is 0.400. The summed E-state index contributed by atoms with van der Waals surface area (Å²) in [5, 5.41) is 9.20. The Labute approximate surface area is 84.1 Å². The van der Waals surface area contributed by atoms with Gasteiger partial charge in [-0.05, 0) is 34.5 Å². The summed E-state index contributed by atoms with van der Waals surface area (Å²) < 4.78 is 0.701. The van der Waals surface area contributed by atoms with Crippen molar-refractivity contribution in [1.29, 1.82) is 5.26 Å². The Balaban J connectivity index is 3.52. The molecule has 4 heteroatoms. The van der Waals surface area contributed by atoms with E-state index in [1.54, 1.807) is 6.07 Å². The number of benzene rings is 1. The van der Waals surface area contributed by atoms with E-state index < -0.39 is 0 Å². The maximum atomic E-state index is 8.65. The molecule has 0 aliphatic heterocycles. The van der Waals surface area contributed by atoms with Crippen LogP contribution in [0.1, 0.15) is 11.1 Å². The number of halogens is 2. The van der Waals surface area contributed by atoms with Gasteiger partial charge in [-0.3, -0.25) is 0 Å². The van der Waals surface area contributed by atoms with Crippen LogP contribution in [0.25, 0.3) is 0 Å². The Bertz CT molecular complexity index is 368. The number of nitrogen functional groups attached to an aromatic ring is 1. The van der Waals surface area contributed by atoms with E-state index in [1.165, 1.54) is 0 Å². The molecule has 0 aromatic heterocycles. The first kappa shape index (κ1) is 9.37. The van der Waals surface area contributed by atoms with Gasteiger partial charge >= 0.3 is 0 Å². The molecule has 1 aromatic carbocycles. The number of anilines is 1. The Kier molecular flexibility index (Phi) is 2.61. The summed E-state index contributed by atoms with van der Waals surface area (Å²) in [5.41, 5.74) is 7.33. The van der Waals surface area contributed by atoms with E-state index in [9.17, 15) is 0 Å². The summed E-state index contributed by atoms with van der Waals surface area (Å²) in [5.74, 6) is 0. The summed E-state index contributed by atoms with van der Waals surface area (Å²) in [6, 6.07) is 3.53. The maximum Gasteiger partial charge on any atom is 0.101 e. The fourth-order valence-corrected chi connectivity index (χ4v) is 1.58. The topological polar surface area (TPSA) is 49.8 Å². The van der Waals surface area contributed by atoms with Crippen molar-refractivity contribution in [3.63, 3.8) is 0 Å². The average Bonchev–Trinajstić information content (AvgIpc) is 2.08. The molecule has 2 nitrogen and oxygen atoms in total. The third-order valence-corrected chi connectivity index (χ3v) is 3.02. The molecule has 0 atom stereocenters. The van der Waals surface area contributed by atoms with Gasteiger partial charge in [0.2, 0.25) is 0 Å². The molecule has 0 bridgehead atoms. The largest absolute Gasteiger partial charge is 0.397 e. The van der Waals surface area contributed by atoms with Crippen LogP contribution in [0.4, 0.5) is 5.69 Å². The fourth-order valence-electron chi connectivity index (χ4n) is 0.830. The lowest BCUT2D eigenvalue weighted by Gasteiger charge is -2.05. The van der Waals surface area contributed by atoms with Crippen LogP contribution in [-0.2, 0) is 0 Å². The standard InChI is InChI=1S/C8H6BrClN2/c1-4-6(10)2-5(3-11)8(12)7(4)9/h2H,12H2,1H3. The van der Waals surface area contributed by atoms with Gasteiger partial charge in [-0.1, -0.05) is 11.6 Å². The predicted octanol–water partition coefficient (Wildman–Crippen LogP) is 2.86. The molecule has 12 heavy (non-hydrogen) atoms. The van der Waals surface area contributed by atoms with Gasteiger partial charge in [0.25, 0.3) is 0 Å². The first-order valence-corrected chi connectivity index (χ1v) is 4.39. The highest BCUT2D eigenvalue weighted by Crippen LogP contribution is 2.32. The molecule has 0 aliphatic rings. The Morgan fingerprint density at radius 3 is 2.75 bits per heavy atom. The number of hydrogen-bond donors (Lipinski definition) is 1. The quantitative estimate of drug-likeness (QED) is 0.715. The first-order chi connectivity index (χ1) is 5.57. The number of nitriles is 1. The summed E-state index contributed by atoms with van der Waals surface area (Å²) in [7, 11) is 0. The molecular formula is C8H6BrClN2. The SMILES string of the molecule is Cc1c(Cl)cc(C#N)c(N)c1Br. The lowest BCUT2D eigenvalue weighted by atomic mass is 10.1. The smallest absolute Gasteiger partial charge is 0.101 e. The molecule has 0 amide bonds. The van der Waals surface area contributed by atoms with E-state index in [4.69, 9.17) is 22.6 Å². The summed E-state index contributed by atoms with van der Waals surface area (Å²) in [6.07, 6.45) is 0. The van der Waals surface area contributed by atoms with Crippen molar-refractivity contribution in [3.8, 4) is 6.07 Å². The highest BCUT2D eigenvalue weighted by Gasteiger charge is 2.09. The van der Waals surface area contributed by atoms with E-state index in [2.05, 4.69) is 15.9 Å². The molecule has 1 aromatic rings. The Morgan fingerprint density at radius 1 is 1.67 bits per heavy atom. The number of hydrogen-bond acceptors (Lipinski definition) is 2. The van der Waals surface area contributed by atoms with Crippen LogP contribution in [0.2, 0.25) is 5.02 Å². The molecule has 2 N–H and O–H groups in total. The van der Waals surface area contributed by atoms with Crippen LogP contribution in [0.3, 0.4) is 0 Å². The molecule has 0 saturated heterocycles. The van der Waals surface area contributed by atoms with Crippen molar-refractivity contribution in [3.05, 3.63) is 26.7 Å². The van der Waals surface area contributed by atoms with Crippen molar-refractivity contribution in [2.24, 2.45) is 0 Å². The fraction of sp³-hybridized carbons (Fsp3) is 0.125. The normalized spacial score (nSPS) is 9.50. The van der Waals surface area contributed by atoms with Crippen LogP contribution >= 0.6 is 27.5 Å². The second-order valence-electron chi connectivity index (χ2n) is 2.37. The monoisotopic (exact) mass is 244 g/mol. The van der Waals surface area contributed by atoms with E-state index in [1.807, 2.05) is 13.0 Å². The van der Waals surface area contributed by atoms with Gasteiger partial charge < -0.3 is 5.73 Å². The highest BCUT2D eigenvalue weighted by atomic mass is 79.9. The summed E-state index contributed by atoms with van der Waals surface area (Å²) in [4.78, 5) is 0. The molecule has 1 rings (SSSR count). The van der Waals surface area contributed by atoms with Gasteiger partial charge in [0, 0.05) is 9.50 Å². The molecule has 0 spiro atoms. The predicted molar refractivity (Wildman–Crippen MR) is 53.0 cm³/mol. The average molecular weight is 246 g/mol. The minimum Gasteiger partial charge on any atom is -0.397 e. The highest BCUT2D eigenvalue weighted by molar-refractivity contribution is 9.10. The second-order valence-corrected chi connectivity index (χ2v) is 3.57. The first-order valence-electron chi connectivity index (χ1n) is 3.22. The molecule has 62 valence electrons. The van der Waals surface area contributed by atoms with Crippen molar-refractivity contribution in [2.45, 2.75) is 6.92 Å². The maximum absolute atomic E-state index is 8.65. The summed E-state index contributed by atoms with van der Waals surface area (Å²) in [6.45, 7) is 1.84. The van der Waals surface area contributed by atoms with Gasteiger partial charge in [0.05, 0.1) is 11.3 Å². The van der Waals surface area contributed by atoms with E-state index in [-0.39, 0.29) is 0 Å². The molecule has 0 aliphatic carbocycles. The van der Waals surface area contributed by atoms with E-state index in [0.717, 1.165) is 5.56 Å². The van der Waals surface area contributed by atoms with E-state index >= 15 is 0 Å². The van der Waals surface area contributed by atoms with Crippen LogP contribution in [-0.4, -0.2) is 0 Å². The zero-order chi connectivity index (χ0) is 9.30. The number of nitrogens with two attached hydrogens (primary N) is 1. The Hall–Kier alpha value is -0.720. The lowest BCUT2D eigenvalue weighted by molar-refractivity contribution is 1.40. The van der Waals surface area contributed by atoms with Crippen molar-refractivity contribution < 1.29 is 0 Å². The number of rotatable bonds is 0. The van der Waals surface area contributed by atoms with E-state index in [0.29, 0.717) is 20.7 Å². The summed E-state index contributed by atoms with van der Waals surface area (Å²) >= 11 is 9.09. The van der Waals surface area contributed by atoms with Crippen molar-refractivity contribution >= 4 is 33.2 Å². The van der Waals surface area contributed by atoms with Crippen molar-refractivity contribution in [2.75, 3.05) is 5.73 Å². The lowest BCUT2D eigenvalue weighted by Crippen LogP contribution is -1.94. The molecule has 0 radical (unpaired) electrons. The van der Waals surface area contributed by atoms with Crippen molar-refractivity contribution in [1.82, 2.24) is 0 Å². The minimum absolute atomic E-state index is 0.400. The molecule has 0 unspecified atom stereocenters. The third kappa shape index (κ3) is 1.40. The molecular weight excluding hydrogens is 239 g/mol. The van der Waals surface area contributed by atoms with Crippen LogP contribution < -0.4 is 5.73 Å². The van der Waals surface area contributed by atoms with Gasteiger partial charge in [-0.2, -0.15) is 5.26 Å². The van der Waals surface area contributed by atoms with Gasteiger partial charge in [0.1, 0.15) is 6.07 Å². The molecule has 0 saturated carbocycles. The zero-order valence-electron chi connectivity index (χ0n) is 6.36.